The third-order valence-corrected chi connectivity index (χ3v) is 14.9. The first-order valence-corrected chi connectivity index (χ1v) is 12.3. The quantitative estimate of drug-likeness (QED) is 0.475. The zero-order valence-corrected chi connectivity index (χ0v) is 20.2. The molecule has 12 unspecified atom stereocenters. The van der Waals surface area contributed by atoms with Crippen LogP contribution in [0.1, 0.15) is 102 Å². The Balaban J connectivity index is 1.71. The van der Waals surface area contributed by atoms with Crippen LogP contribution in [0, 0.1) is 67.5 Å². The highest BCUT2D eigenvalue weighted by Crippen LogP contribution is 3.12. The van der Waals surface area contributed by atoms with E-state index in [1.165, 1.54) is 25.7 Å². The molecule has 0 amide bonds. The maximum atomic E-state index is 2.80. The summed E-state index contributed by atoms with van der Waals surface area (Å²) in [5, 5.41) is 0. The Morgan fingerprint density at radius 2 is 1.37 bits per heavy atom. The fourth-order valence-electron chi connectivity index (χ4n) is 13.6. The van der Waals surface area contributed by atoms with Gasteiger partial charge in [-0.05, 0) is 86.8 Å². The topological polar surface area (TPSA) is 0 Å². The van der Waals surface area contributed by atoms with E-state index in [1.54, 1.807) is 0 Å². The van der Waals surface area contributed by atoms with Crippen molar-refractivity contribution in [2.45, 2.75) is 102 Å². The molecule has 5 aliphatic rings. The van der Waals surface area contributed by atoms with Gasteiger partial charge in [-0.2, -0.15) is 0 Å². The van der Waals surface area contributed by atoms with E-state index in [1.807, 2.05) is 0 Å². The van der Waals surface area contributed by atoms with Crippen molar-refractivity contribution in [2.24, 2.45) is 67.5 Å². The number of rotatable bonds is 3. The van der Waals surface area contributed by atoms with Crippen molar-refractivity contribution < 1.29 is 0 Å². The smallest absolute Gasteiger partial charge is 0.00879 e. The monoisotopic (exact) mass is 370 g/mol. The molecule has 27 heavy (non-hydrogen) atoms. The van der Waals surface area contributed by atoms with Crippen LogP contribution in [0.3, 0.4) is 0 Å². The van der Waals surface area contributed by atoms with Gasteiger partial charge in [-0.1, -0.05) is 82.6 Å². The second-order valence-electron chi connectivity index (χ2n) is 13.5. The summed E-state index contributed by atoms with van der Waals surface area (Å²) in [5.41, 5.74) is 3.90. The van der Waals surface area contributed by atoms with Crippen molar-refractivity contribution in [3.05, 3.63) is 0 Å². The molecule has 154 valence electrons. The first-order valence-electron chi connectivity index (χ1n) is 12.3. The molecule has 0 heteroatoms. The third kappa shape index (κ3) is 1.11. The van der Waals surface area contributed by atoms with E-state index in [2.05, 4.69) is 76.2 Å². The van der Waals surface area contributed by atoms with Gasteiger partial charge < -0.3 is 0 Å². The maximum Gasteiger partial charge on any atom is -0.00879 e. The van der Waals surface area contributed by atoms with Gasteiger partial charge in [0.15, 0.2) is 0 Å². The Hall–Kier alpha value is 0. The molecule has 0 aromatic rings. The zero-order chi connectivity index (χ0) is 20.2. The predicted molar refractivity (Wildman–Crippen MR) is 115 cm³/mol. The molecule has 1 spiro atoms. The largest absolute Gasteiger partial charge is 0.0651 e. The molecule has 12 atom stereocenters. The average Bonchev–Trinajstić information content (AvgIpc) is 2.91. The minimum atomic E-state index is 0.526. The molecule has 0 aliphatic heterocycles. The lowest BCUT2D eigenvalue weighted by atomic mass is 8.94. The predicted octanol–water partition coefficient (Wildman–Crippen LogP) is 7.82. The fourth-order valence-corrected chi connectivity index (χ4v) is 13.6. The lowest BCUT2D eigenvalue weighted by molar-refractivity contribution is -0.626. The number of fused-ring (bicyclic) bond motifs is 5. The zero-order valence-electron chi connectivity index (χ0n) is 20.2. The van der Waals surface area contributed by atoms with Gasteiger partial charge in [-0.25, -0.2) is 0 Å². The van der Waals surface area contributed by atoms with Crippen LogP contribution in [-0.4, -0.2) is 0 Å². The van der Waals surface area contributed by atoms with Crippen LogP contribution in [0.4, 0.5) is 0 Å². The summed E-state index contributed by atoms with van der Waals surface area (Å²) in [6.45, 7) is 29.2. The van der Waals surface area contributed by atoms with Crippen LogP contribution in [0.2, 0.25) is 0 Å². The van der Waals surface area contributed by atoms with Crippen LogP contribution in [0.15, 0.2) is 0 Å². The molecule has 5 saturated carbocycles. The summed E-state index contributed by atoms with van der Waals surface area (Å²) in [7, 11) is 0. The highest BCUT2D eigenvalue weighted by molar-refractivity contribution is 5.54. The Labute approximate surface area is 169 Å². The molecule has 5 rings (SSSR count). The van der Waals surface area contributed by atoms with Crippen molar-refractivity contribution in [1.82, 2.24) is 0 Å². The standard InChI is InChI=1S/C27H46/c1-12-16(2)17(3)20-13-14-21(6)15-22(7)25(10)23(8)18(4)19(5)24(23,9)26(25,11)27(20,21)22/h16-20H,12-15H2,1-11H3. The first kappa shape index (κ1) is 19.0. The molecule has 0 nitrogen and oxygen atoms in total. The van der Waals surface area contributed by atoms with E-state index in [0.717, 1.165) is 29.6 Å². The summed E-state index contributed by atoms with van der Waals surface area (Å²) in [5.74, 6) is 4.45. The Bertz CT molecular complexity index is 724. The first-order chi connectivity index (χ1) is 12.3. The van der Waals surface area contributed by atoms with E-state index in [0.29, 0.717) is 37.9 Å². The second-order valence-corrected chi connectivity index (χ2v) is 13.5. The van der Waals surface area contributed by atoms with E-state index < -0.39 is 0 Å². The molecular formula is C27H46. The molecule has 5 fully saturated rings. The van der Waals surface area contributed by atoms with Gasteiger partial charge in [-0.15, -0.1) is 0 Å². The van der Waals surface area contributed by atoms with Gasteiger partial charge in [-0.3, -0.25) is 0 Å². The van der Waals surface area contributed by atoms with Crippen molar-refractivity contribution in [2.75, 3.05) is 0 Å². The molecule has 0 radical (unpaired) electrons. The van der Waals surface area contributed by atoms with Gasteiger partial charge in [0.1, 0.15) is 0 Å². The van der Waals surface area contributed by atoms with Gasteiger partial charge in [0.05, 0.1) is 0 Å². The Morgan fingerprint density at radius 3 is 1.89 bits per heavy atom. The van der Waals surface area contributed by atoms with Crippen molar-refractivity contribution >= 4 is 0 Å². The molecular weight excluding hydrogens is 324 g/mol. The van der Waals surface area contributed by atoms with Crippen LogP contribution in [-0.2, 0) is 0 Å². The summed E-state index contributed by atoms with van der Waals surface area (Å²) in [6, 6.07) is 0. The second kappa shape index (κ2) is 4.37. The van der Waals surface area contributed by atoms with E-state index in [-0.39, 0.29) is 0 Å². The van der Waals surface area contributed by atoms with Gasteiger partial charge in [0.2, 0.25) is 0 Å². The van der Waals surface area contributed by atoms with E-state index in [9.17, 15) is 0 Å². The molecule has 0 N–H and O–H groups in total. The van der Waals surface area contributed by atoms with Crippen LogP contribution >= 0.6 is 0 Å². The van der Waals surface area contributed by atoms with Crippen molar-refractivity contribution in [3.8, 4) is 0 Å². The lowest BCUT2D eigenvalue weighted by Gasteiger charge is -3.09. The maximum absolute atomic E-state index is 2.80. The van der Waals surface area contributed by atoms with Crippen LogP contribution < -0.4 is 0 Å². The minimum Gasteiger partial charge on any atom is -0.0651 e. The highest BCUT2D eigenvalue weighted by Gasteiger charge is 3.08. The summed E-state index contributed by atoms with van der Waals surface area (Å²) in [4.78, 5) is 0. The summed E-state index contributed by atoms with van der Waals surface area (Å²) >= 11 is 0. The molecule has 0 aromatic heterocycles. The molecule has 5 aliphatic carbocycles. The number of hydrogen-bond donors (Lipinski definition) is 0. The van der Waals surface area contributed by atoms with Crippen LogP contribution in [0.5, 0.6) is 0 Å². The average molecular weight is 371 g/mol. The molecule has 0 saturated heterocycles. The lowest BCUT2D eigenvalue weighted by Crippen LogP contribution is -3.05. The molecule has 0 bridgehead atoms. The third-order valence-electron chi connectivity index (χ3n) is 14.9. The van der Waals surface area contributed by atoms with Crippen LogP contribution in [0.25, 0.3) is 0 Å². The highest BCUT2D eigenvalue weighted by atomic mass is 15.1. The van der Waals surface area contributed by atoms with Gasteiger partial charge >= 0.3 is 0 Å². The Kier molecular flexibility index (Phi) is 3.07. The van der Waals surface area contributed by atoms with Gasteiger partial charge in [0, 0.05) is 0 Å². The van der Waals surface area contributed by atoms with E-state index in [4.69, 9.17) is 0 Å². The molecule has 0 aromatic carbocycles. The van der Waals surface area contributed by atoms with E-state index >= 15 is 0 Å². The fraction of sp³-hybridized carbons (Fsp3) is 1.00. The summed E-state index contributed by atoms with van der Waals surface area (Å²) in [6.07, 6.45) is 5.84. The number of hydrogen-bond acceptors (Lipinski definition) is 0. The van der Waals surface area contributed by atoms with Crippen molar-refractivity contribution in [3.63, 3.8) is 0 Å². The SMILES string of the molecule is CCC(C)C(C)C1CCC2(C)CC3(C)C4(C)C5(C)C(C)C(C)C5(C)C4(C)C123. The van der Waals surface area contributed by atoms with Gasteiger partial charge in [0.25, 0.3) is 0 Å². The minimum absolute atomic E-state index is 0.526. The normalized spacial score (nSPS) is 70.1. The summed E-state index contributed by atoms with van der Waals surface area (Å²) < 4.78 is 0. The Morgan fingerprint density at radius 1 is 0.852 bits per heavy atom. The van der Waals surface area contributed by atoms with Crippen molar-refractivity contribution in [1.29, 1.82) is 0 Å². The molecule has 0 heterocycles.